The molecular formula is C30H33ClN4O3. The van der Waals surface area contributed by atoms with Crippen molar-refractivity contribution in [2.24, 2.45) is 5.92 Å². The first-order chi connectivity index (χ1) is 18.3. The zero-order valence-corrected chi connectivity index (χ0v) is 22.9. The number of rotatable bonds is 9. The second kappa shape index (κ2) is 12.1. The molecule has 0 radical (unpaired) electrons. The smallest absolute Gasteiger partial charge is 0.322 e. The Morgan fingerprint density at radius 2 is 1.74 bits per heavy atom. The van der Waals surface area contributed by atoms with Crippen LogP contribution in [0.25, 0.3) is 16.6 Å². The molecule has 0 saturated heterocycles. The van der Waals surface area contributed by atoms with Crippen molar-refractivity contribution in [2.75, 3.05) is 19.0 Å². The molecule has 4 rings (SSSR count). The highest BCUT2D eigenvalue weighted by Crippen LogP contribution is 2.30. The number of fused-ring (bicyclic) bond motifs is 1. The highest BCUT2D eigenvalue weighted by atomic mass is 35.5. The largest absolute Gasteiger partial charge is 0.495 e. The number of anilines is 1. The lowest BCUT2D eigenvalue weighted by Crippen LogP contribution is -2.41. The average Bonchev–Trinajstić information content (AvgIpc) is 2.92. The van der Waals surface area contributed by atoms with Gasteiger partial charge in [-0.3, -0.25) is 9.36 Å². The van der Waals surface area contributed by atoms with Gasteiger partial charge in [-0.1, -0.05) is 56.6 Å². The molecule has 2 amide bonds. The average molecular weight is 533 g/mol. The quantitative estimate of drug-likeness (QED) is 0.250. The molecule has 0 bridgehead atoms. The first kappa shape index (κ1) is 27.2. The van der Waals surface area contributed by atoms with Crippen LogP contribution < -0.4 is 15.6 Å². The molecule has 4 aromatic rings. The summed E-state index contributed by atoms with van der Waals surface area (Å²) in [5.41, 5.74) is 1.58. The van der Waals surface area contributed by atoms with Crippen molar-refractivity contribution in [3.05, 3.63) is 94.0 Å². The van der Waals surface area contributed by atoms with Gasteiger partial charge in [0.2, 0.25) is 0 Å². The molecule has 38 heavy (non-hydrogen) atoms. The summed E-state index contributed by atoms with van der Waals surface area (Å²) in [6.07, 6.45) is 1.34. The number of carbonyl (C=O) groups excluding carboxylic acids is 1. The van der Waals surface area contributed by atoms with Crippen LogP contribution in [0.15, 0.2) is 77.6 Å². The maximum atomic E-state index is 14.0. The van der Waals surface area contributed by atoms with Gasteiger partial charge in [0.25, 0.3) is 5.56 Å². The normalized spacial score (nSPS) is 11.9. The lowest BCUT2D eigenvalue weighted by Gasteiger charge is -2.33. The Bertz CT molecular complexity index is 1470. The summed E-state index contributed by atoms with van der Waals surface area (Å²) in [7, 11) is 1.57. The number of nitrogens with one attached hydrogen (secondary N) is 1. The van der Waals surface area contributed by atoms with Gasteiger partial charge in [-0.15, -0.1) is 0 Å². The number of methoxy groups -OCH3 is 1. The van der Waals surface area contributed by atoms with Gasteiger partial charge < -0.3 is 15.0 Å². The van der Waals surface area contributed by atoms with E-state index in [1.807, 2.05) is 49.4 Å². The van der Waals surface area contributed by atoms with Gasteiger partial charge in [-0.2, -0.15) is 0 Å². The highest BCUT2D eigenvalue weighted by Gasteiger charge is 2.30. The van der Waals surface area contributed by atoms with Crippen LogP contribution in [0.2, 0.25) is 5.02 Å². The molecule has 7 nitrogen and oxygen atoms in total. The Hall–Kier alpha value is -3.84. The van der Waals surface area contributed by atoms with Gasteiger partial charge in [-0.25, -0.2) is 9.78 Å². The van der Waals surface area contributed by atoms with Gasteiger partial charge in [0.05, 0.1) is 29.7 Å². The number of carbonyl (C=O) groups is 1. The monoisotopic (exact) mass is 532 g/mol. The van der Waals surface area contributed by atoms with Crippen molar-refractivity contribution >= 4 is 34.2 Å². The fourth-order valence-electron chi connectivity index (χ4n) is 4.49. The number of amides is 2. The Morgan fingerprint density at radius 3 is 2.42 bits per heavy atom. The predicted octanol–water partition coefficient (Wildman–Crippen LogP) is 7.08. The van der Waals surface area contributed by atoms with Gasteiger partial charge in [-0.05, 0) is 67.3 Å². The molecule has 8 heteroatoms. The number of ether oxygens (including phenoxy) is 1. The molecule has 0 spiro atoms. The van der Waals surface area contributed by atoms with E-state index in [0.717, 1.165) is 6.42 Å². The van der Waals surface area contributed by atoms with Crippen molar-refractivity contribution in [3.63, 3.8) is 0 Å². The number of hydrogen-bond acceptors (Lipinski definition) is 4. The third-order valence-electron chi connectivity index (χ3n) is 6.49. The molecule has 0 aliphatic rings. The van der Waals surface area contributed by atoms with Crippen LogP contribution in [0.1, 0.15) is 45.5 Å². The van der Waals surface area contributed by atoms with Crippen molar-refractivity contribution in [1.82, 2.24) is 14.5 Å². The first-order valence-electron chi connectivity index (χ1n) is 12.8. The number of benzene rings is 3. The van der Waals surface area contributed by atoms with Crippen LogP contribution in [0.5, 0.6) is 5.75 Å². The minimum atomic E-state index is -0.483. The standard InChI is InChI=1S/C30H33ClN4O3/c1-5-25(34(19-18-20(2)3)30(37)32-22-16-14-21(31)15-17-22)28-33-24-11-7-6-10-23(24)29(36)35(28)26-12-8-9-13-27(26)38-4/h6-17,20,25H,5,18-19H2,1-4H3,(H,32,37). The summed E-state index contributed by atoms with van der Waals surface area (Å²) in [6.45, 7) is 6.73. The van der Waals surface area contributed by atoms with Crippen molar-refractivity contribution < 1.29 is 9.53 Å². The number of nitrogens with zero attached hydrogens (tertiary/aromatic N) is 3. The number of aromatic nitrogens is 2. The second-order valence-electron chi connectivity index (χ2n) is 9.54. The third kappa shape index (κ3) is 5.83. The molecule has 198 valence electrons. The van der Waals surface area contributed by atoms with Gasteiger partial charge in [0.15, 0.2) is 0 Å². The number of urea groups is 1. The summed E-state index contributed by atoms with van der Waals surface area (Å²) in [4.78, 5) is 34.5. The lowest BCUT2D eigenvalue weighted by atomic mass is 10.1. The topological polar surface area (TPSA) is 76.5 Å². The molecule has 1 N–H and O–H groups in total. The van der Waals surface area contributed by atoms with E-state index in [2.05, 4.69) is 19.2 Å². The molecular weight excluding hydrogens is 500 g/mol. The van der Waals surface area contributed by atoms with E-state index in [0.29, 0.717) is 57.8 Å². The van der Waals surface area contributed by atoms with E-state index >= 15 is 0 Å². The summed E-state index contributed by atoms with van der Waals surface area (Å²) < 4.78 is 7.21. The van der Waals surface area contributed by atoms with E-state index in [-0.39, 0.29) is 11.6 Å². The summed E-state index contributed by atoms with van der Waals surface area (Å²) >= 11 is 6.04. The molecule has 0 saturated carbocycles. The zero-order chi connectivity index (χ0) is 27.2. The molecule has 1 unspecified atom stereocenters. The van der Waals surface area contributed by atoms with Crippen LogP contribution >= 0.6 is 11.6 Å². The summed E-state index contributed by atoms with van der Waals surface area (Å²) in [6, 6.07) is 20.9. The Labute approximate surface area is 228 Å². The van der Waals surface area contributed by atoms with E-state index in [4.69, 9.17) is 21.3 Å². The van der Waals surface area contributed by atoms with E-state index in [1.54, 1.807) is 46.9 Å². The second-order valence-corrected chi connectivity index (χ2v) is 9.97. The predicted molar refractivity (Wildman–Crippen MR) is 154 cm³/mol. The van der Waals surface area contributed by atoms with E-state index in [9.17, 15) is 9.59 Å². The van der Waals surface area contributed by atoms with E-state index < -0.39 is 6.04 Å². The van der Waals surface area contributed by atoms with Crippen molar-refractivity contribution in [2.45, 2.75) is 39.7 Å². The molecule has 0 fully saturated rings. The molecule has 0 aliphatic heterocycles. The fraction of sp³-hybridized carbons (Fsp3) is 0.300. The SMILES string of the molecule is CCC(c1nc2ccccc2c(=O)n1-c1ccccc1OC)N(CCC(C)C)C(=O)Nc1ccc(Cl)cc1. The zero-order valence-electron chi connectivity index (χ0n) is 22.1. The first-order valence-corrected chi connectivity index (χ1v) is 13.2. The van der Waals surface area contributed by atoms with Crippen molar-refractivity contribution in [3.8, 4) is 11.4 Å². The van der Waals surface area contributed by atoms with Gasteiger partial charge in [0.1, 0.15) is 11.6 Å². The maximum Gasteiger partial charge on any atom is 0.322 e. The lowest BCUT2D eigenvalue weighted by molar-refractivity contribution is 0.176. The fourth-order valence-corrected chi connectivity index (χ4v) is 4.61. The van der Waals surface area contributed by atoms with E-state index in [1.165, 1.54) is 0 Å². The third-order valence-corrected chi connectivity index (χ3v) is 6.74. The van der Waals surface area contributed by atoms with Gasteiger partial charge in [0, 0.05) is 17.3 Å². The highest BCUT2D eigenvalue weighted by molar-refractivity contribution is 6.30. The van der Waals surface area contributed by atoms with Crippen LogP contribution in [0.4, 0.5) is 10.5 Å². The van der Waals surface area contributed by atoms with Gasteiger partial charge >= 0.3 is 6.03 Å². The summed E-state index contributed by atoms with van der Waals surface area (Å²) in [5.74, 6) is 1.40. The number of hydrogen-bond donors (Lipinski definition) is 1. The minimum absolute atomic E-state index is 0.213. The Morgan fingerprint density at radius 1 is 1.05 bits per heavy atom. The maximum absolute atomic E-state index is 14.0. The number of para-hydroxylation sites is 3. The Balaban J connectivity index is 1.89. The molecule has 3 aromatic carbocycles. The van der Waals surface area contributed by atoms with Crippen LogP contribution in [0, 0.1) is 5.92 Å². The molecule has 0 aliphatic carbocycles. The minimum Gasteiger partial charge on any atom is -0.495 e. The molecule has 1 atom stereocenters. The molecule has 1 aromatic heterocycles. The molecule has 1 heterocycles. The van der Waals surface area contributed by atoms with Crippen LogP contribution in [-0.4, -0.2) is 34.1 Å². The summed E-state index contributed by atoms with van der Waals surface area (Å²) in [5, 5.41) is 4.09. The van der Waals surface area contributed by atoms with Crippen molar-refractivity contribution in [1.29, 1.82) is 0 Å². The van der Waals surface area contributed by atoms with Crippen LogP contribution in [0.3, 0.4) is 0 Å². The Kier molecular flexibility index (Phi) is 8.69. The number of halogens is 1. The van der Waals surface area contributed by atoms with Crippen LogP contribution in [-0.2, 0) is 0 Å².